The number of nitrogens with zero attached hydrogens (tertiary/aromatic N) is 1. The van der Waals surface area contributed by atoms with Crippen molar-refractivity contribution in [1.82, 2.24) is 0 Å². The Morgan fingerprint density at radius 1 is 1.22 bits per heavy atom. The Hall–Kier alpha value is -0.770. The minimum absolute atomic E-state index is 0.548. The number of anilines is 1. The number of likely N-dealkylation sites (tertiary alicyclic amines) is 1. The second-order valence-electron chi connectivity index (χ2n) is 4.52. The molecule has 18 heavy (non-hydrogen) atoms. The number of halogens is 2. The van der Waals surface area contributed by atoms with Crippen LogP contribution in [0.5, 0.6) is 0 Å². The first-order valence-corrected chi connectivity index (χ1v) is 7.04. The fourth-order valence-corrected chi connectivity index (χ4v) is 2.36. The highest BCUT2D eigenvalue weighted by molar-refractivity contribution is 6.42. The normalized spacial score (nSPS) is 19.7. The molecule has 0 aromatic heterocycles. The second kappa shape index (κ2) is 6.41. The summed E-state index contributed by atoms with van der Waals surface area (Å²) in [7, 11) is 0. The van der Waals surface area contributed by atoms with Gasteiger partial charge in [-0.15, -0.1) is 0 Å². The zero-order valence-corrected chi connectivity index (χ0v) is 12.0. The van der Waals surface area contributed by atoms with Gasteiger partial charge in [-0.05, 0) is 25.1 Å². The molecule has 0 radical (unpaired) electrons. The predicted molar refractivity (Wildman–Crippen MR) is 78.0 cm³/mol. The lowest BCUT2D eigenvalue weighted by molar-refractivity contribution is -0.899. The monoisotopic (exact) mass is 286 g/mol. The highest BCUT2D eigenvalue weighted by Crippen LogP contribution is 2.24. The van der Waals surface area contributed by atoms with E-state index in [4.69, 9.17) is 23.2 Å². The van der Waals surface area contributed by atoms with Crippen molar-refractivity contribution in [2.24, 2.45) is 5.10 Å². The molecule has 1 aliphatic rings. The molecular formula is C13H18Cl2N3+. The van der Waals surface area contributed by atoms with E-state index in [0.717, 1.165) is 18.5 Å². The first-order chi connectivity index (χ1) is 8.69. The van der Waals surface area contributed by atoms with E-state index < -0.39 is 0 Å². The van der Waals surface area contributed by atoms with E-state index in [1.54, 1.807) is 17.0 Å². The summed E-state index contributed by atoms with van der Waals surface area (Å²) < 4.78 is 0. The lowest BCUT2D eigenvalue weighted by Crippen LogP contribution is -3.12. The van der Waals surface area contributed by atoms with Crippen LogP contribution in [-0.2, 0) is 0 Å². The number of rotatable bonds is 3. The number of nitrogens with one attached hydrogen (secondary N) is 2. The van der Waals surface area contributed by atoms with Gasteiger partial charge >= 0.3 is 0 Å². The average molecular weight is 287 g/mol. The van der Waals surface area contributed by atoms with Gasteiger partial charge in [0, 0.05) is 18.6 Å². The van der Waals surface area contributed by atoms with Gasteiger partial charge in [0.15, 0.2) is 0 Å². The Morgan fingerprint density at radius 2 is 1.94 bits per heavy atom. The second-order valence-corrected chi connectivity index (χ2v) is 5.34. The molecule has 1 heterocycles. The van der Waals surface area contributed by atoms with E-state index in [-0.39, 0.29) is 0 Å². The van der Waals surface area contributed by atoms with Crippen LogP contribution < -0.4 is 10.3 Å². The van der Waals surface area contributed by atoms with Crippen LogP contribution in [-0.4, -0.2) is 25.3 Å². The van der Waals surface area contributed by atoms with Gasteiger partial charge in [0.25, 0.3) is 0 Å². The number of benzene rings is 1. The van der Waals surface area contributed by atoms with Gasteiger partial charge in [-0.1, -0.05) is 23.2 Å². The van der Waals surface area contributed by atoms with Crippen molar-refractivity contribution in [3.8, 4) is 0 Å². The fraction of sp³-hybridized carbons (Fsp3) is 0.462. The van der Waals surface area contributed by atoms with E-state index in [0.29, 0.717) is 10.0 Å². The Bertz CT molecular complexity index is 436. The zero-order valence-electron chi connectivity index (χ0n) is 10.5. The van der Waals surface area contributed by atoms with Gasteiger partial charge in [-0.25, -0.2) is 0 Å². The Kier molecular flexibility index (Phi) is 4.87. The summed E-state index contributed by atoms with van der Waals surface area (Å²) in [5, 5.41) is 5.56. The van der Waals surface area contributed by atoms with Gasteiger partial charge in [0.2, 0.25) is 0 Å². The Balaban J connectivity index is 1.92. The first-order valence-electron chi connectivity index (χ1n) is 6.29. The third-order valence-corrected chi connectivity index (χ3v) is 4.04. The average Bonchev–Trinajstić information content (AvgIpc) is 2.41. The highest BCUT2D eigenvalue weighted by atomic mass is 35.5. The van der Waals surface area contributed by atoms with Gasteiger partial charge in [-0.2, -0.15) is 5.10 Å². The smallest absolute Gasteiger partial charge is 0.0824 e. The van der Waals surface area contributed by atoms with Crippen molar-refractivity contribution in [1.29, 1.82) is 0 Å². The molecule has 5 heteroatoms. The van der Waals surface area contributed by atoms with Gasteiger partial charge < -0.3 is 4.90 Å². The van der Waals surface area contributed by atoms with Crippen LogP contribution >= 0.6 is 23.2 Å². The lowest BCUT2D eigenvalue weighted by atomic mass is 10.1. The molecule has 1 aliphatic heterocycles. The van der Waals surface area contributed by atoms with Crippen LogP contribution in [0.15, 0.2) is 23.3 Å². The number of quaternary nitrogens is 1. The summed E-state index contributed by atoms with van der Waals surface area (Å²) in [6.07, 6.45) is 2.13. The van der Waals surface area contributed by atoms with Crippen molar-refractivity contribution in [2.75, 3.05) is 25.1 Å². The number of hydrogen-bond acceptors (Lipinski definition) is 2. The van der Waals surface area contributed by atoms with Crippen LogP contribution in [0, 0.1) is 0 Å². The molecule has 3 nitrogen and oxygen atoms in total. The largest absolute Gasteiger partial charge is 0.335 e. The molecule has 1 aromatic carbocycles. The summed E-state index contributed by atoms with van der Waals surface area (Å²) in [6, 6.07) is 5.45. The van der Waals surface area contributed by atoms with Gasteiger partial charge in [0.05, 0.1) is 35.4 Å². The van der Waals surface area contributed by atoms with Crippen molar-refractivity contribution in [3.63, 3.8) is 0 Å². The van der Waals surface area contributed by atoms with Crippen LogP contribution in [0.25, 0.3) is 0 Å². The number of piperidine rings is 1. The van der Waals surface area contributed by atoms with E-state index in [1.165, 1.54) is 25.3 Å². The van der Waals surface area contributed by atoms with E-state index in [1.807, 2.05) is 6.07 Å². The van der Waals surface area contributed by atoms with Crippen molar-refractivity contribution in [2.45, 2.75) is 19.8 Å². The van der Waals surface area contributed by atoms with Crippen molar-refractivity contribution < 1.29 is 4.90 Å². The molecule has 0 atom stereocenters. The summed E-state index contributed by atoms with van der Waals surface area (Å²) in [4.78, 5) is 1.66. The molecule has 0 aliphatic carbocycles. The Labute approximate surface area is 118 Å². The number of hydrazone groups is 1. The third-order valence-electron chi connectivity index (χ3n) is 3.30. The SMILES string of the molecule is CC[NH+]1CCC(=NNc2ccc(Cl)c(Cl)c2)CC1. The molecule has 0 amide bonds. The topological polar surface area (TPSA) is 28.8 Å². The Morgan fingerprint density at radius 3 is 2.56 bits per heavy atom. The minimum Gasteiger partial charge on any atom is -0.335 e. The maximum absolute atomic E-state index is 5.95. The summed E-state index contributed by atoms with van der Waals surface area (Å²) >= 11 is 11.8. The molecular weight excluding hydrogens is 269 g/mol. The quantitative estimate of drug-likeness (QED) is 0.822. The first kappa shape index (κ1) is 13.7. The maximum atomic E-state index is 5.95. The molecule has 0 spiro atoms. The number of hydrogen-bond donors (Lipinski definition) is 2. The molecule has 2 rings (SSSR count). The third kappa shape index (κ3) is 3.61. The molecule has 1 saturated heterocycles. The van der Waals surface area contributed by atoms with E-state index >= 15 is 0 Å². The molecule has 1 fully saturated rings. The molecule has 2 N–H and O–H groups in total. The van der Waals surface area contributed by atoms with Crippen molar-refractivity contribution >= 4 is 34.6 Å². The zero-order chi connectivity index (χ0) is 13.0. The van der Waals surface area contributed by atoms with Crippen molar-refractivity contribution in [3.05, 3.63) is 28.2 Å². The minimum atomic E-state index is 0.548. The van der Waals surface area contributed by atoms with Gasteiger partial charge in [-0.3, -0.25) is 5.43 Å². The molecule has 0 bridgehead atoms. The van der Waals surface area contributed by atoms with E-state index in [2.05, 4.69) is 17.5 Å². The maximum Gasteiger partial charge on any atom is 0.0824 e. The van der Waals surface area contributed by atoms with Crippen LogP contribution in [0.3, 0.4) is 0 Å². The molecule has 0 unspecified atom stereocenters. The standard InChI is InChI=1S/C13H17Cl2N3/c1-2-18-7-5-10(6-8-18)16-17-11-3-4-12(14)13(15)9-11/h3-4,9,17H,2,5-8H2,1H3/p+1. The molecule has 1 aromatic rings. The van der Waals surface area contributed by atoms with Crippen LogP contribution in [0.2, 0.25) is 10.0 Å². The van der Waals surface area contributed by atoms with Crippen LogP contribution in [0.4, 0.5) is 5.69 Å². The lowest BCUT2D eigenvalue weighted by Gasteiger charge is -2.23. The van der Waals surface area contributed by atoms with Crippen LogP contribution in [0.1, 0.15) is 19.8 Å². The summed E-state index contributed by atoms with van der Waals surface area (Å²) in [5.41, 5.74) is 5.16. The fourth-order valence-electron chi connectivity index (χ4n) is 2.07. The van der Waals surface area contributed by atoms with Gasteiger partial charge in [0.1, 0.15) is 0 Å². The summed E-state index contributed by atoms with van der Waals surface area (Å²) in [6.45, 7) is 5.79. The summed E-state index contributed by atoms with van der Waals surface area (Å²) in [5.74, 6) is 0. The molecule has 0 saturated carbocycles. The molecule has 98 valence electrons. The van der Waals surface area contributed by atoms with E-state index in [9.17, 15) is 0 Å². The predicted octanol–water partition coefficient (Wildman–Crippen LogP) is 2.46. The highest BCUT2D eigenvalue weighted by Gasteiger charge is 2.16.